The lowest BCUT2D eigenvalue weighted by Crippen LogP contribution is -2.12. The summed E-state index contributed by atoms with van der Waals surface area (Å²) in [4.78, 5) is 0. The molecule has 1 aromatic carbocycles. The quantitative estimate of drug-likeness (QED) is 0.650. The van der Waals surface area contributed by atoms with Crippen molar-refractivity contribution < 1.29 is 5.11 Å². The molecule has 1 rings (SSSR count). The van der Waals surface area contributed by atoms with Gasteiger partial charge in [-0.15, -0.1) is 0 Å². The fourth-order valence-electron chi connectivity index (χ4n) is 1.42. The van der Waals surface area contributed by atoms with Crippen LogP contribution in [0.15, 0.2) is 18.2 Å². The van der Waals surface area contributed by atoms with Crippen LogP contribution in [0.4, 0.5) is 11.4 Å². The molecule has 0 spiro atoms. The molecule has 0 bridgehead atoms. The van der Waals surface area contributed by atoms with E-state index in [1.807, 2.05) is 32.0 Å². The third kappa shape index (κ3) is 3.44. The average molecular weight is 208 g/mol. The highest BCUT2D eigenvalue weighted by Gasteiger charge is 2.02. The zero-order valence-electron chi connectivity index (χ0n) is 9.46. The van der Waals surface area contributed by atoms with Crippen LogP contribution in [-0.4, -0.2) is 17.8 Å². The van der Waals surface area contributed by atoms with Crippen molar-refractivity contribution in [3.63, 3.8) is 0 Å². The molecular weight excluding hydrogens is 188 g/mol. The molecule has 0 radical (unpaired) electrons. The van der Waals surface area contributed by atoms with Crippen LogP contribution >= 0.6 is 0 Å². The smallest absolute Gasteiger partial charge is 0.0554 e. The highest BCUT2D eigenvalue weighted by Crippen LogP contribution is 2.20. The first-order valence-electron chi connectivity index (χ1n) is 5.42. The molecule has 0 saturated carbocycles. The molecule has 84 valence electrons. The molecule has 4 N–H and O–H groups in total. The van der Waals surface area contributed by atoms with Gasteiger partial charge in [0.05, 0.1) is 6.10 Å². The van der Waals surface area contributed by atoms with E-state index in [4.69, 9.17) is 5.73 Å². The molecule has 0 saturated heterocycles. The Morgan fingerprint density at radius 1 is 1.47 bits per heavy atom. The fourth-order valence-corrected chi connectivity index (χ4v) is 1.42. The van der Waals surface area contributed by atoms with E-state index in [0.29, 0.717) is 0 Å². The van der Waals surface area contributed by atoms with E-state index in [0.717, 1.165) is 36.3 Å². The number of nitrogen functional groups attached to an aromatic ring is 1. The minimum absolute atomic E-state index is 0.209. The highest BCUT2D eigenvalue weighted by molar-refractivity contribution is 5.62. The molecule has 0 fully saturated rings. The SMILES string of the molecule is CCC(O)CCNc1cccc(N)c1C. The maximum absolute atomic E-state index is 9.40. The lowest BCUT2D eigenvalue weighted by molar-refractivity contribution is 0.164. The molecule has 15 heavy (non-hydrogen) atoms. The maximum Gasteiger partial charge on any atom is 0.0554 e. The van der Waals surface area contributed by atoms with Crippen molar-refractivity contribution in [1.82, 2.24) is 0 Å². The first-order valence-corrected chi connectivity index (χ1v) is 5.42. The Balaban J connectivity index is 2.47. The average Bonchev–Trinajstić information content (AvgIpc) is 2.24. The van der Waals surface area contributed by atoms with Crippen molar-refractivity contribution in [1.29, 1.82) is 0 Å². The normalized spacial score (nSPS) is 12.5. The van der Waals surface area contributed by atoms with E-state index in [1.54, 1.807) is 0 Å². The topological polar surface area (TPSA) is 58.3 Å². The summed E-state index contributed by atoms with van der Waals surface area (Å²) >= 11 is 0. The van der Waals surface area contributed by atoms with E-state index >= 15 is 0 Å². The summed E-state index contributed by atoms with van der Waals surface area (Å²) in [5, 5.41) is 12.7. The molecule has 0 amide bonds. The Morgan fingerprint density at radius 3 is 2.87 bits per heavy atom. The molecule has 0 aliphatic rings. The molecule has 0 aliphatic carbocycles. The first kappa shape index (κ1) is 11.9. The molecule has 0 aromatic heterocycles. The van der Waals surface area contributed by atoms with Crippen molar-refractivity contribution in [2.45, 2.75) is 32.8 Å². The van der Waals surface area contributed by atoms with Gasteiger partial charge < -0.3 is 16.2 Å². The molecular formula is C12H20N2O. The maximum atomic E-state index is 9.40. The molecule has 1 atom stereocenters. The second kappa shape index (κ2) is 5.61. The summed E-state index contributed by atoms with van der Waals surface area (Å²) in [5.74, 6) is 0. The van der Waals surface area contributed by atoms with Gasteiger partial charge in [-0.1, -0.05) is 13.0 Å². The van der Waals surface area contributed by atoms with Crippen LogP contribution in [0.25, 0.3) is 0 Å². The summed E-state index contributed by atoms with van der Waals surface area (Å²) in [6, 6.07) is 5.83. The number of nitrogens with two attached hydrogens (primary N) is 1. The number of nitrogens with one attached hydrogen (secondary N) is 1. The van der Waals surface area contributed by atoms with Crippen molar-refractivity contribution in [3.05, 3.63) is 23.8 Å². The number of hydrogen-bond donors (Lipinski definition) is 3. The van der Waals surface area contributed by atoms with Gasteiger partial charge in [0, 0.05) is 17.9 Å². The minimum Gasteiger partial charge on any atom is -0.398 e. The predicted molar refractivity (Wildman–Crippen MR) is 65.0 cm³/mol. The van der Waals surface area contributed by atoms with Crippen molar-refractivity contribution in [3.8, 4) is 0 Å². The van der Waals surface area contributed by atoms with Crippen molar-refractivity contribution >= 4 is 11.4 Å². The van der Waals surface area contributed by atoms with Gasteiger partial charge >= 0.3 is 0 Å². The Labute approximate surface area is 91.3 Å². The monoisotopic (exact) mass is 208 g/mol. The van der Waals surface area contributed by atoms with Gasteiger partial charge in [0.25, 0.3) is 0 Å². The largest absolute Gasteiger partial charge is 0.398 e. The predicted octanol–water partition coefficient (Wildman–Crippen LogP) is 2.15. The fraction of sp³-hybridized carbons (Fsp3) is 0.500. The zero-order valence-corrected chi connectivity index (χ0v) is 9.46. The van der Waals surface area contributed by atoms with Gasteiger partial charge in [-0.05, 0) is 37.5 Å². The van der Waals surface area contributed by atoms with Crippen LogP contribution < -0.4 is 11.1 Å². The third-order valence-electron chi connectivity index (χ3n) is 2.64. The Bertz CT molecular complexity index is 312. The molecule has 3 nitrogen and oxygen atoms in total. The summed E-state index contributed by atoms with van der Waals surface area (Å²) < 4.78 is 0. The van der Waals surface area contributed by atoms with Crippen LogP contribution in [0, 0.1) is 6.92 Å². The van der Waals surface area contributed by atoms with E-state index in [1.165, 1.54) is 0 Å². The van der Waals surface area contributed by atoms with E-state index in [9.17, 15) is 5.11 Å². The minimum atomic E-state index is -0.209. The molecule has 1 unspecified atom stereocenters. The number of benzene rings is 1. The van der Waals surface area contributed by atoms with Gasteiger partial charge in [0.15, 0.2) is 0 Å². The highest BCUT2D eigenvalue weighted by atomic mass is 16.3. The first-order chi connectivity index (χ1) is 7.15. The van der Waals surface area contributed by atoms with Crippen molar-refractivity contribution in [2.24, 2.45) is 0 Å². The molecule has 3 heteroatoms. The van der Waals surface area contributed by atoms with Gasteiger partial charge in [-0.2, -0.15) is 0 Å². The molecule has 0 heterocycles. The van der Waals surface area contributed by atoms with E-state index in [-0.39, 0.29) is 6.10 Å². The number of aliphatic hydroxyl groups is 1. The third-order valence-corrected chi connectivity index (χ3v) is 2.64. The van der Waals surface area contributed by atoms with Crippen LogP contribution in [0.2, 0.25) is 0 Å². The Kier molecular flexibility index (Phi) is 4.43. The van der Waals surface area contributed by atoms with Gasteiger partial charge in [-0.25, -0.2) is 0 Å². The summed E-state index contributed by atoms with van der Waals surface area (Å²) in [7, 11) is 0. The molecule has 1 aromatic rings. The second-order valence-electron chi connectivity index (χ2n) is 3.80. The Hall–Kier alpha value is -1.22. The molecule has 0 aliphatic heterocycles. The number of aliphatic hydroxyl groups excluding tert-OH is 1. The summed E-state index contributed by atoms with van der Waals surface area (Å²) in [6.45, 7) is 4.75. The number of anilines is 2. The lowest BCUT2D eigenvalue weighted by atomic mass is 10.1. The van der Waals surface area contributed by atoms with Crippen LogP contribution in [0.5, 0.6) is 0 Å². The number of rotatable bonds is 5. The van der Waals surface area contributed by atoms with Crippen LogP contribution in [0.1, 0.15) is 25.3 Å². The van der Waals surface area contributed by atoms with Crippen LogP contribution in [-0.2, 0) is 0 Å². The van der Waals surface area contributed by atoms with Gasteiger partial charge in [-0.3, -0.25) is 0 Å². The van der Waals surface area contributed by atoms with Gasteiger partial charge in [0.2, 0.25) is 0 Å². The van der Waals surface area contributed by atoms with E-state index in [2.05, 4.69) is 5.32 Å². The number of hydrogen-bond acceptors (Lipinski definition) is 3. The van der Waals surface area contributed by atoms with E-state index < -0.39 is 0 Å². The summed E-state index contributed by atoms with van der Waals surface area (Å²) in [6.07, 6.45) is 1.36. The Morgan fingerprint density at radius 2 is 2.20 bits per heavy atom. The standard InChI is InChI=1S/C12H20N2O/c1-3-10(15)7-8-14-12-6-4-5-11(13)9(12)2/h4-6,10,14-15H,3,7-8,13H2,1-2H3. The van der Waals surface area contributed by atoms with Crippen LogP contribution in [0.3, 0.4) is 0 Å². The van der Waals surface area contributed by atoms with Gasteiger partial charge in [0.1, 0.15) is 0 Å². The lowest BCUT2D eigenvalue weighted by Gasteiger charge is -2.12. The second-order valence-corrected chi connectivity index (χ2v) is 3.80. The zero-order chi connectivity index (χ0) is 11.3. The van der Waals surface area contributed by atoms with Crippen molar-refractivity contribution in [2.75, 3.05) is 17.6 Å². The summed E-state index contributed by atoms with van der Waals surface area (Å²) in [5.41, 5.74) is 8.72.